The van der Waals surface area contributed by atoms with Crippen LogP contribution in [0.15, 0.2) is 18.2 Å². The molecule has 0 fully saturated rings. The first-order chi connectivity index (χ1) is 9.79. The fraction of sp³-hybridized carbons (Fsp3) is 0.533. The highest BCUT2D eigenvalue weighted by atomic mass is 16.4. The standard InChI is InChI=1S/C15H23N3O3/c1-10(2)8-11(9-18(3)4)16-14(19)12-6-5-7-13(17-12)15(20)21/h5-7,10-11H,8-9H2,1-4H3,(H,16,19)(H,20,21). The molecule has 0 radical (unpaired) electrons. The smallest absolute Gasteiger partial charge is 0.354 e. The Labute approximate surface area is 125 Å². The maximum Gasteiger partial charge on any atom is 0.354 e. The molecule has 21 heavy (non-hydrogen) atoms. The zero-order valence-corrected chi connectivity index (χ0v) is 13.0. The maximum atomic E-state index is 12.2. The van der Waals surface area contributed by atoms with Gasteiger partial charge in [-0.25, -0.2) is 9.78 Å². The number of pyridine rings is 1. The van der Waals surface area contributed by atoms with Crippen LogP contribution in [0.4, 0.5) is 0 Å². The first-order valence-corrected chi connectivity index (χ1v) is 6.95. The topological polar surface area (TPSA) is 82.5 Å². The molecule has 1 heterocycles. The molecule has 1 rings (SSSR count). The highest BCUT2D eigenvalue weighted by Gasteiger charge is 2.17. The molecule has 1 aromatic heterocycles. The van der Waals surface area contributed by atoms with E-state index in [1.807, 2.05) is 19.0 Å². The molecular formula is C15H23N3O3. The lowest BCUT2D eigenvalue weighted by atomic mass is 10.0. The molecule has 1 aromatic rings. The largest absolute Gasteiger partial charge is 0.477 e. The van der Waals surface area contributed by atoms with Crippen LogP contribution in [0, 0.1) is 5.92 Å². The lowest BCUT2D eigenvalue weighted by Crippen LogP contribution is -2.42. The van der Waals surface area contributed by atoms with Crippen molar-refractivity contribution in [3.8, 4) is 0 Å². The van der Waals surface area contributed by atoms with Crippen LogP contribution in [-0.2, 0) is 0 Å². The number of carboxylic acid groups (broad SMARTS) is 1. The Bertz CT molecular complexity index is 491. The summed E-state index contributed by atoms with van der Waals surface area (Å²) in [6.07, 6.45) is 0.850. The van der Waals surface area contributed by atoms with Crippen LogP contribution >= 0.6 is 0 Å². The van der Waals surface area contributed by atoms with Gasteiger partial charge >= 0.3 is 5.97 Å². The van der Waals surface area contributed by atoms with Gasteiger partial charge in [0.2, 0.25) is 0 Å². The number of amides is 1. The van der Waals surface area contributed by atoms with Gasteiger partial charge in [0.15, 0.2) is 0 Å². The normalized spacial score (nSPS) is 12.5. The summed E-state index contributed by atoms with van der Waals surface area (Å²) < 4.78 is 0. The zero-order valence-electron chi connectivity index (χ0n) is 13.0. The minimum absolute atomic E-state index is 0.00258. The van der Waals surface area contributed by atoms with E-state index >= 15 is 0 Å². The average molecular weight is 293 g/mol. The Morgan fingerprint density at radius 3 is 2.43 bits per heavy atom. The molecule has 1 unspecified atom stereocenters. The fourth-order valence-electron chi connectivity index (χ4n) is 2.13. The quantitative estimate of drug-likeness (QED) is 0.796. The van der Waals surface area contributed by atoms with E-state index in [2.05, 4.69) is 24.1 Å². The molecule has 0 aliphatic carbocycles. The third-order valence-electron chi connectivity index (χ3n) is 2.88. The number of carbonyl (C=O) groups excluding carboxylic acids is 1. The third kappa shape index (κ3) is 5.91. The number of hydrogen-bond acceptors (Lipinski definition) is 4. The van der Waals surface area contributed by atoms with Crippen molar-refractivity contribution in [3.63, 3.8) is 0 Å². The van der Waals surface area contributed by atoms with Crippen LogP contribution in [0.25, 0.3) is 0 Å². The van der Waals surface area contributed by atoms with Crippen LogP contribution in [0.5, 0.6) is 0 Å². The number of likely N-dealkylation sites (N-methyl/N-ethyl adjacent to an activating group) is 1. The van der Waals surface area contributed by atoms with E-state index in [4.69, 9.17) is 5.11 Å². The van der Waals surface area contributed by atoms with Gasteiger partial charge in [0.05, 0.1) is 0 Å². The van der Waals surface area contributed by atoms with Crippen LogP contribution in [0.1, 0.15) is 41.2 Å². The SMILES string of the molecule is CC(C)CC(CN(C)C)NC(=O)c1cccc(C(=O)O)n1. The molecule has 0 saturated carbocycles. The minimum Gasteiger partial charge on any atom is -0.477 e. The number of nitrogens with one attached hydrogen (secondary N) is 1. The molecule has 0 spiro atoms. The van der Waals surface area contributed by atoms with Crippen molar-refractivity contribution < 1.29 is 14.7 Å². The maximum absolute atomic E-state index is 12.2. The molecule has 1 atom stereocenters. The summed E-state index contributed by atoms with van der Waals surface area (Å²) in [7, 11) is 3.89. The van der Waals surface area contributed by atoms with Crippen LogP contribution in [0.3, 0.4) is 0 Å². The van der Waals surface area contributed by atoms with E-state index in [1.54, 1.807) is 0 Å². The molecular weight excluding hydrogens is 270 g/mol. The lowest BCUT2D eigenvalue weighted by molar-refractivity contribution is 0.0690. The Hall–Kier alpha value is -1.95. The zero-order chi connectivity index (χ0) is 16.0. The Balaban J connectivity index is 2.80. The van der Waals surface area contributed by atoms with Gasteiger partial charge in [-0.05, 0) is 38.6 Å². The first kappa shape index (κ1) is 17.1. The summed E-state index contributed by atoms with van der Waals surface area (Å²) in [4.78, 5) is 29.0. The van der Waals surface area contributed by atoms with Crippen molar-refractivity contribution in [3.05, 3.63) is 29.6 Å². The van der Waals surface area contributed by atoms with Gasteiger partial charge in [0.25, 0.3) is 5.91 Å². The second-order valence-corrected chi connectivity index (χ2v) is 5.78. The molecule has 1 amide bonds. The van der Waals surface area contributed by atoms with E-state index in [-0.39, 0.29) is 23.3 Å². The predicted octanol–water partition coefficient (Wildman–Crippen LogP) is 1.49. The molecule has 116 valence electrons. The Kier molecular flexibility index (Phi) is 6.30. The van der Waals surface area contributed by atoms with Crippen molar-refractivity contribution in [2.45, 2.75) is 26.3 Å². The summed E-state index contributed by atoms with van der Waals surface area (Å²) in [5.74, 6) is -1.03. The molecule has 6 nitrogen and oxygen atoms in total. The number of carboxylic acids is 1. The summed E-state index contributed by atoms with van der Waals surface area (Å²) >= 11 is 0. The van der Waals surface area contributed by atoms with Crippen molar-refractivity contribution in [1.82, 2.24) is 15.2 Å². The molecule has 0 aliphatic heterocycles. The van der Waals surface area contributed by atoms with Gasteiger partial charge in [0, 0.05) is 12.6 Å². The van der Waals surface area contributed by atoms with Crippen LogP contribution in [0.2, 0.25) is 0 Å². The second-order valence-electron chi connectivity index (χ2n) is 5.78. The summed E-state index contributed by atoms with van der Waals surface area (Å²) in [6.45, 7) is 4.92. The minimum atomic E-state index is -1.14. The summed E-state index contributed by atoms with van der Waals surface area (Å²) in [5, 5.41) is 11.8. The van der Waals surface area contributed by atoms with E-state index in [0.717, 1.165) is 13.0 Å². The third-order valence-corrected chi connectivity index (χ3v) is 2.88. The molecule has 2 N–H and O–H groups in total. The van der Waals surface area contributed by atoms with Crippen molar-refractivity contribution >= 4 is 11.9 Å². The molecule has 0 saturated heterocycles. The Morgan fingerprint density at radius 2 is 1.90 bits per heavy atom. The van der Waals surface area contributed by atoms with Gasteiger partial charge < -0.3 is 15.3 Å². The van der Waals surface area contributed by atoms with E-state index in [9.17, 15) is 9.59 Å². The van der Waals surface area contributed by atoms with E-state index in [1.165, 1.54) is 18.2 Å². The van der Waals surface area contributed by atoms with Crippen molar-refractivity contribution in [2.24, 2.45) is 5.92 Å². The van der Waals surface area contributed by atoms with Gasteiger partial charge in [-0.3, -0.25) is 4.79 Å². The van der Waals surface area contributed by atoms with E-state index in [0.29, 0.717) is 5.92 Å². The van der Waals surface area contributed by atoms with Gasteiger partial charge in [-0.15, -0.1) is 0 Å². The lowest BCUT2D eigenvalue weighted by Gasteiger charge is -2.23. The highest BCUT2D eigenvalue weighted by molar-refractivity contribution is 5.94. The molecule has 6 heteroatoms. The highest BCUT2D eigenvalue weighted by Crippen LogP contribution is 2.07. The first-order valence-electron chi connectivity index (χ1n) is 6.95. The predicted molar refractivity (Wildman–Crippen MR) is 80.5 cm³/mol. The fourth-order valence-corrected chi connectivity index (χ4v) is 2.13. The summed E-state index contributed by atoms with van der Waals surface area (Å²) in [6, 6.07) is 4.41. The van der Waals surface area contributed by atoms with Crippen LogP contribution < -0.4 is 5.32 Å². The van der Waals surface area contributed by atoms with Gasteiger partial charge in [0.1, 0.15) is 11.4 Å². The van der Waals surface area contributed by atoms with Gasteiger partial charge in [-0.2, -0.15) is 0 Å². The number of hydrogen-bond donors (Lipinski definition) is 2. The van der Waals surface area contributed by atoms with Crippen LogP contribution in [-0.4, -0.2) is 53.5 Å². The van der Waals surface area contributed by atoms with Crippen molar-refractivity contribution in [1.29, 1.82) is 0 Å². The molecule has 0 aromatic carbocycles. The number of aromatic carboxylic acids is 1. The monoisotopic (exact) mass is 293 g/mol. The molecule has 0 bridgehead atoms. The number of rotatable bonds is 7. The van der Waals surface area contributed by atoms with Gasteiger partial charge in [-0.1, -0.05) is 19.9 Å². The Morgan fingerprint density at radius 1 is 1.29 bits per heavy atom. The van der Waals surface area contributed by atoms with Crippen molar-refractivity contribution in [2.75, 3.05) is 20.6 Å². The van der Waals surface area contributed by atoms with E-state index < -0.39 is 5.97 Å². The molecule has 0 aliphatic rings. The average Bonchev–Trinajstić information content (AvgIpc) is 2.37. The number of aromatic nitrogens is 1. The summed E-state index contributed by atoms with van der Waals surface area (Å²) in [5.41, 5.74) is -0.00178. The number of nitrogens with zero attached hydrogens (tertiary/aromatic N) is 2. The second kappa shape index (κ2) is 7.73. The number of carbonyl (C=O) groups is 2.